The first-order valence-corrected chi connectivity index (χ1v) is 9.90. The van der Waals surface area contributed by atoms with Crippen LogP contribution in [0, 0.1) is 6.92 Å². The number of rotatable bonds is 9. The normalized spacial score (nSPS) is 16.8. The molecular formula is C23H29NO4. The standard InChI is InChI=1S/C23H29NO4/c1-18-7-9-20(10-8-18)23(19-5-3-2-4-6-19)28-21-11-13-24(14-12-21)15-16-27-17-22(25)26/h2-10,21,23H,11-17H2,1H3,(H,25,26). The van der Waals surface area contributed by atoms with Crippen molar-refractivity contribution in [3.8, 4) is 0 Å². The number of carboxylic acid groups (broad SMARTS) is 1. The lowest BCUT2D eigenvalue weighted by Gasteiger charge is -2.34. The van der Waals surface area contributed by atoms with Crippen molar-refractivity contribution in [1.82, 2.24) is 4.90 Å². The van der Waals surface area contributed by atoms with Gasteiger partial charge in [0.15, 0.2) is 0 Å². The number of carbonyl (C=O) groups is 1. The first-order chi connectivity index (χ1) is 13.6. The van der Waals surface area contributed by atoms with Gasteiger partial charge in [0.05, 0.1) is 12.7 Å². The van der Waals surface area contributed by atoms with E-state index in [1.54, 1.807) is 0 Å². The number of aryl methyl sites for hydroxylation is 1. The summed E-state index contributed by atoms with van der Waals surface area (Å²) in [6.07, 6.45) is 2.09. The van der Waals surface area contributed by atoms with Crippen LogP contribution in [0.1, 0.15) is 35.6 Å². The van der Waals surface area contributed by atoms with Crippen LogP contribution in [0.5, 0.6) is 0 Å². The van der Waals surface area contributed by atoms with Crippen molar-refractivity contribution in [1.29, 1.82) is 0 Å². The highest BCUT2D eigenvalue weighted by atomic mass is 16.5. The largest absolute Gasteiger partial charge is 0.480 e. The topological polar surface area (TPSA) is 59.0 Å². The van der Waals surface area contributed by atoms with Crippen molar-refractivity contribution < 1.29 is 19.4 Å². The maximum absolute atomic E-state index is 10.5. The highest BCUT2D eigenvalue weighted by Crippen LogP contribution is 2.30. The van der Waals surface area contributed by atoms with Gasteiger partial charge in [0.2, 0.25) is 0 Å². The second kappa shape index (κ2) is 10.4. The van der Waals surface area contributed by atoms with E-state index in [0.717, 1.165) is 32.5 Å². The molecule has 28 heavy (non-hydrogen) atoms. The van der Waals surface area contributed by atoms with E-state index in [1.807, 2.05) is 6.07 Å². The molecular weight excluding hydrogens is 354 g/mol. The highest BCUT2D eigenvalue weighted by molar-refractivity contribution is 5.67. The summed E-state index contributed by atoms with van der Waals surface area (Å²) in [6.45, 7) is 4.97. The minimum atomic E-state index is -0.921. The number of aliphatic carboxylic acids is 1. The molecule has 0 radical (unpaired) electrons. The Morgan fingerprint density at radius 2 is 1.71 bits per heavy atom. The summed E-state index contributed by atoms with van der Waals surface area (Å²) in [7, 11) is 0. The summed E-state index contributed by atoms with van der Waals surface area (Å²) in [6, 6.07) is 19.0. The van der Waals surface area contributed by atoms with Crippen LogP contribution in [0.2, 0.25) is 0 Å². The molecule has 1 N–H and O–H groups in total. The SMILES string of the molecule is Cc1ccc(C(OC2CCN(CCOCC(=O)O)CC2)c2ccccc2)cc1. The lowest BCUT2D eigenvalue weighted by molar-refractivity contribution is -0.142. The monoisotopic (exact) mass is 383 g/mol. The van der Waals surface area contributed by atoms with Gasteiger partial charge in [-0.25, -0.2) is 4.79 Å². The van der Waals surface area contributed by atoms with Crippen molar-refractivity contribution in [2.45, 2.75) is 32.0 Å². The van der Waals surface area contributed by atoms with Gasteiger partial charge in [0, 0.05) is 19.6 Å². The molecule has 0 spiro atoms. The molecule has 1 aliphatic rings. The van der Waals surface area contributed by atoms with Crippen molar-refractivity contribution in [3.05, 3.63) is 71.3 Å². The Morgan fingerprint density at radius 1 is 1.07 bits per heavy atom. The minimum absolute atomic E-state index is 0.0581. The molecule has 5 heteroatoms. The van der Waals surface area contributed by atoms with Gasteiger partial charge in [-0.1, -0.05) is 60.2 Å². The van der Waals surface area contributed by atoms with Gasteiger partial charge in [-0.2, -0.15) is 0 Å². The predicted octanol–water partition coefficient (Wildman–Crippen LogP) is 3.67. The van der Waals surface area contributed by atoms with E-state index in [9.17, 15) is 4.79 Å². The van der Waals surface area contributed by atoms with E-state index in [-0.39, 0.29) is 18.8 Å². The quantitative estimate of drug-likeness (QED) is 0.670. The van der Waals surface area contributed by atoms with E-state index < -0.39 is 5.97 Å². The third kappa shape index (κ3) is 6.16. The summed E-state index contributed by atoms with van der Waals surface area (Å²) >= 11 is 0. The summed E-state index contributed by atoms with van der Waals surface area (Å²) in [5.74, 6) is -0.921. The molecule has 1 heterocycles. The summed E-state index contributed by atoms with van der Waals surface area (Å²) < 4.78 is 11.7. The maximum atomic E-state index is 10.5. The van der Waals surface area contributed by atoms with Crippen molar-refractivity contribution in [2.24, 2.45) is 0 Å². The first-order valence-electron chi connectivity index (χ1n) is 9.90. The van der Waals surface area contributed by atoms with E-state index in [0.29, 0.717) is 6.61 Å². The molecule has 5 nitrogen and oxygen atoms in total. The molecule has 1 atom stereocenters. The predicted molar refractivity (Wildman–Crippen MR) is 108 cm³/mol. The van der Waals surface area contributed by atoms with Gasteiger partial charge < -0.3 is 19.5 Å². The fourth-order valence-corrected chi connectivity index (χ4v) is 3.53. The van der Waals surface area contributed by atoms with Crippen LogP contribution in [0.3, 0.4) is 0 Å². The average molecular weight is 383 g/mol. The number of hydrogen-bond acceptors (Lipinski definition) is 4. The van der Waals surface area contributed by atoms with Crippen LogP contribution in [0.4, 0.5) is 0 Å². The van der Waals surface area contributed by atoms with E-state index in [4.69, 9.17) is 14.6 Å². The fraction of sp³-hybridized carbons (Fsp3) is 0.435. The fourth-order valence-electron chi connectivity index (χ4n) is 3.53. The maximum Gasteiger partial charge on any atom is 0.329 e. The number of hydrogen-bond donors (Lipinski definition) is 1. The summed E-state index contributed by atoms with van der Waals surface area (Å²) in [5, 5.41) is 8.62. The number of piperidine rings is 1. The van der Waals surface area contributed by atoms with Crippen molar-refractivity contribution >= 4 is 5.97 Å². The molecule has 2 aromatic rings. The Bertz CT molecular complexity index is 724. The zero-order valence-electron chi connectivity index (χ0n) is 16.4. The molecule has 3 rings (SSSR count). The lowest BCUT2D eigenvalue weighted by Crippen LogP contribution is -2.39. The molecule has 1 aliphatic heterocycles. The Morgan fingerprint density at radius 3 is 2.36 bits per heavy atom. The lowest BCUT2D eigenvalue weighted by atomic mass is 9.99. The van der Waals surface area contributed by atoms with Crippen LogP contribution in [0.25, 0.3) is 0 Å². The molecule has 2 aromatic carbocycles. The van der Waals surface area contributed by atoms with Crippen LogP contribution in [-0.4, -0.2) is 54.9 Å². The molecule has 0 saturated carbocycles. The number of ether oxygens (including phenoxy) is 2. The van der Waals surface area contributed by atoms with Gasteiger partial charge in [-0.05, 0) is 30.9 Å². The van der Waals surface area contributed by atoms with Crippen molar-refractivity contribution in [3.63, 3.8) is 0 Å². The van der Waals surface area contributed by atoms with E-state index in [2.05, 4.69) is 60.4 Å². The van der Waals surface area contributed by atoms with Gasteiger partial charge in [0.25, 0.3) is 0 Å². The van der Waals surface area contributed by atoms with E-state index in [1.165, 1.54) is 16.7 Å². The zero-order valence-corrected chi connectivity index (χ0v) is 16.4. The third-order valence-corrected chi connectivity index (χ3v) is 5.12. The Kier molecular flexibility index (Phi) is 7.60. The minimum Gasteiger partial charge on any atom is -0.480 e. The van der Waals surface area contributed by atoms with Crippen LogP contribution in [-0.2, 0) is 14.3 Å². The van der Waals surface area contributed by atoms with E-state index >= 15 is 0 Å². The molecule has 0 aromatic heterocycles. The van der Waals surface area contributed by atoms with Crippen molar-refractivity contribution in [2.75, 3.05) is 32.8 Å². The van der Waals surface area contributed by atoms with Gasteiger partial charge in [-0.15, -0.1) is 0 Å². The number of nitrogens with zero attached hydrogens (tertiary/aromatic N) is 1. The molecule has 0 bridgehead atoms. The molecule has 1 fully saturated rings. The third-order valence-electron chi connectivity index (χ3n) is 5.12. The zero-order chi connectivity index (χ0) is 19.8. The smallest absolute Gasteiger partial charge is 0.329 e. The number of likely N-dealkylation sites (tertiary alicyclic amines) is 1. The summed E-state index contributed by atoms with van der Waals surface area (Å²) in [4.78, 5) is 12.8. The number of benzene rings is 2. The molecule has 0 amide bonds. The Balaban J connectivity index is 1.55. The van der Waals surface area contributed by atoms with Crippen LogP contribution < -0.4 is 0 Å². The van der Waals surface area contributed by atoms with Gasteiger partial charge >= 0.3 is 5.97 Å². The molecule has 150 valence electrons. The average Bonchev–Trinajstić information content (AvgIpc) is 2.72. The molecule has 0 aliphatic carbocycles. The Hall–Kier alpha value is -2.21. The van der Waals surface area contributed by atoms with Gasteiger partial charge in [-0.3, -0.25) is 0 Å². The first kappa shape index (κ1) is 20.5. The second-order valence-corrected chi connectivity index (χ2v) is 7.32. The highest BCUT2D eigenvalue weighted by Gasteiger charge is 2.24. The van der Waals surface area contributed by atoms with Crippen LogP contribution in [0.15, 0.2) is 54.6 Å². The van der Waals surface area contributed by atoms with Crippen LogP contribution >= 0.6 is 0 Å². The molecule has 1 unspecified atom stereocenters. The van der Waals surface area contributed by atoms with Gasteiger partial charge in [0.1, 0.15) is 12.7 Å². The Labute approximate surface area is 166 Å². The summed E-state index contributed by atoms with van der Waals surface area (Å²) in [5.41, 5.74) is 3.60. The number of carboxylic acids is 1. The molecule has 1 saturated heterocycles. The second-order valence-electron chi connectivity index (χ2n) is 7.32.